The number of non-ortho nitro benzene ring substituents is 1. The highest BCUT2D eigenvalue weighted by atomic mass is 35.5. The Balaban J connectivity index is 1.91. The van der Waals surface area contributed by atoms with Crippen LogP contribution in [0.4, 0.5) is 17.1 Å². The maximum atomic E-state index is 13.2. The maximum Gasteiger partial charge on any atom is 0.293 e. The lowest BCUT2D eigenvalue weighted by molar-refractivity contribution is -0.384. The largest absolute Gasteiger partial charge is 0.294 e. The van der Waals surface area contributed by atoms with Crippen molar-refractivity contribution in [2.24, 2.45) is 0 Å². The molecule has 31 heavy (non-hydrogen) atoms. The molecule has 1 aliphatic carbocycles. The number of carbonyl (C=O) groups excluding carboxylic acids is 2. The molecule has 1 atom stereocenters. The average Bonchev–Trinajstić information content (AvgIpc) is 2.73. The van der Waals surface area contributed by atoms with E-state index in [1.165, 1.54) is 41.3 Å². The van der Waals surface area contributed by atoms with Gasteiger partial charge in [0.2, 0.25) is 5.91 Å². The summed E-state index contributed by atoms with van der Waals surface area (Å²) in [5, 5.41) is 23.0. The van der Waals surface area contributed by atoms with Crippen molar-refractivity contribution in [3.63, 3.8) is 0 Å². The van der Waals surface area contributed by atoms with Gasteiger partial charge in [0.1, 0.15) is 5.69 Å². The van der Waals surface area contributed by atoms with E-state index >= 15 is 0 Å². The monoisotopic (exact) mass is 441 g/mol. The first kappa shape index (κ1) is 20.7. The quantitative estimate of drug-likeness (QED) is 0.501. The Bertz CT molecular complexity index is 1180. The van der Waals surface area contributed by atoms with Crippen molar-refractivity contribution in [2.45, 2.75) is 31.6 Å². The van der Waals surface area contributed by atoms with Crippen molar-refractivity contribution in [3.8, 4) is 0 Å². The first-order valence-corrected chi connectivity index (χ1v) is 9.93. The molecule has 1 heterocycles. The number of hydrogen-bond acceptors (Lipinski definition) is 6. The van der Waals surface area contributed by atoms with Crippen LogP contribution in [-0.4, -0.2) is 21.5 Å². The van der Waals surface area contributed by atoms with Gasteiger partial charge in [0.15, 0.2) is 5.78 Å². The Hall–Kier alpha value is -3.59. The second-order valence-electron chi connectivity index (χ2n) is 7.37. The number of hydrogen-bond donors (Lipinski definition) is 0. The molecule has 2 aromatic carbocycles. The molecule has 158 valence electrons. The molecule has 0 fully saturated rings. The van der Waals surface area contributed by atoms with E-state index in [9.17, 15) is 29.8 Å². The molecule has 1 amide bonds. The van der Waals surface area contributed by atoms with Gasteiger partial charge in [-0.05, 0) is 30.5 Å². The lowest BCUT2D eigenvalue weighted by Crippen LogP contribution is -2.40. The van der Waals surface area contributed by atoms with Gasteiger partial charge in [-0.15, -0.1) is 0 Å². The number of nitro groups is 2. The Labute approximate surface area is 181 Å². The molecule has 10 heteroatoms. The third kappa shape index (κ3) is 3.68. The van der Waals surface area contributed by atoms with Crippen molar-refractivity contribution in [1.29, 1.82) is 0 Å². The van der Waals surface area contributed by atoms with Gasteiger partial charge < -0.3 is 0 Å². The number of benzene rings is 2. The van der Waals surface area contributed by atoms with E-state index in [1.54, 1.807) is 6.07 Å². The van der Waals surface area contributed by atoms with Crippen LogP contribution in [-0.2, 0) is 9.59 Å². The minimum Gasteiger partial charge on any atom is -0.294 e. The van der Waals surface area contributed by atoms with E-state index in [2.05, 4.69) is 0 Å². The summed E-state index contributed by atoms with van der Waals surface area (Å²) in [5.74, 6) is -1.25. The van der Waals surface area contributed by atoms with Crippen molar-refractivity contribution >= 4 is 40.4 Å². The zero-order chi connectivity index (χ0) is 22.3. The molecule has 0 saturated heterocycles. The van der Waals surface area contributed by atoms with Crippen molar-refractivity contribution < 1.29 is 19.4 Å². The highest BCUT2D eigenvalue weighted by Gasteiger charge is 2.41. The number of anilines is 1. The summed E-state index contributed by atoms with van der Waals surface area (Å²) in [5.41, 5.74) is 0.849. The Morgan fingerprint density at radius 2 is 1.77 bits per heavy atom. The summed E-state index contributed by atoms with van der Waals surface area (Å²) in [4.78, 5) is 49.0. The predicted octanol–water partition coefficient (Wildman–Crippen LogP) is 4.68. The van der Waals surface area contributed by atoms with Crippen molar-refractivity contribution in [3.05, 3.63) is 84.5 Å². The molecule has 0 saturated carbocycles. The van der Waals surface area contributed by atoms with Crippen LogP contribution in [0.15, 0.2) is 53.7 Å². The normalized spacial score (nSPS) is 18.7. The SMILES string of the molecule is O=C1CCCC2=C1C(c1cccc([N+](=O)[O-])c1)CC(=O)N2c1cc(Cl)ccc1[N+](=O)[O-]. The summed E-state index contributed by atoms with van der Waals surface area (Å²) in [7, 11) is 0. The van der Waals surface area contributed by atoms with E-state index in [0.29, 0.717) is 29.7 Å². The van der Waals surface area contributed by atoms with Gasteiger partial charge in [0, 0.05) is 53.3 Å². The number of allylic oxidation sites excluding steroid dienone is 2. The number of halogens is 1. The number of rotatable bonds is 4. The molecule has 0 spiro atoms. The fraction of sp³-hybridized carbons (Fsp3) is 0.238. The standard InChI is InChI=1S/C21H16ClN3O6/c22-13-7-8-16(25(30)31)18(10-13)23-17-5-2-6-19(26)21(17)15(11-20(23)27)12-3-1-4-14(9-12)24(28)29/h1,3-4,7-10,15H,2,5-6,11H2. The highest BCUT2D eigenvalue weighted by Crippen LogP contribution is 2.46. The molecular weight excluding hydrogens is 426 g/mol. The van der Waals surface area contributed by atoms with Crippen LogP contribution >= 0.6 is 11.6 Å². The van der Waals surface area contributed by atoms with E-state index in [-0.39, 0.29) is 40.7 Å². The van der Waals surface area contributed by atoms with Gasteiger partial charge in [-0.25, -0.2) is 0 Å². The maximum absolute atomic E-state index is 13.2. The fourth-order valence-corrected chi connectivity index (χ4v) is 4.41. The van der Waals surface area contributed by atoms with E-state index in [0.717, 1.165) is 0 Å². The van der Waals surface area contributed by atoms with E-state index in [1.807, 2.05) is 0 Å². The van der Waals surface area contributed by atoms with E-state index < -0.39 is 21.7 Å². The minimum atomic E-state index is -0.648. The summed E-state index contributed by atoms with van der Waals surface area (Å²) >= 11 is 6.06. The molecule has 0 aromatic heterocycles. The van der Waals surface area contributed by atoms with Crippen LogP contribution in [0.1, 0.15) is 37.2 Å². The number of carbonyl (C=O) groups is 2. The second-order valence-corrected chi connectivity index (χ2v) is 7.80. The van der Waals surface area contributed by atoms with Crippen LogP contribution in [0.2, 0.25) is 5.02 Å². The van der Waals surface area contributed by atoms with Gasteiger partial charge in [0.05, 0.1) is 9.85 Å². The molecule has 4 rings (SSSR count). The van der Waals surface area contributed by atoms with Crippen molar-refractivity contribution in [1.82, 2.24) is 0 Å². The van der Waals surface area contributed by atoms with Gasteiger partial charge in [-0.1, -0.05) is 23.7 Å². The molecule has 0 bridgehead atoms. The third-order valence-electron chi connectivity index (χ3n) is 5.53. The molecule has 2 aromatic rings. The van der Waals surface area contributed by atoms with Crippen LogP contribution in [0, 0.1) is 20.2 Å². The number of ketones is 1. The minimum absolute atomic E-state index is 0.0159. The predicted molar refractivity (Wildman–Crippen MR) is 112 cm³/mol. The number of nitro benzene ring substituents is 2. The van der Waals surface area contributed by atoms with Gasteiger partial charge in [0.25, 0.3) is 11.4 Å². The summed E-state index contributed by atoms with van der Waals surface area (Å²) < 4.78 is 0. The molecule has 2 aliphatic rings. The Morgan fingerprint density at radius 1 is 1.00 bits per heavy atom. The van der Waals surface area contributed by atoms with E-state index in [4.69, 9.17) is 11.6 Å². The van der Waals surface area contributed by atoms with Crippen LogP contribution in [0.5, 0.6) is 0 Å². The van der Waals surface area contributed by atoms with Gasteiger partial charge in [-0.2, -0.15) is 0 Å². The molecule has 0 N–H and O–H groups in total. The molecule has 1 unspecified atom stereocenters. The molecule has 1 aliphatic heterocycles. The lowest BCUT2D eigenvalue weighted by atomic mass is 9.77. The number of amides is 1. The summed E-state index contributed by atoms with van der Waals surface area (Å²) in [6.45, 7) is 0. The number of nitrogens with zero attached hydrogens (tertiary/aromatic N) is 3. The van der Waals surface area contributed by atoms with Crippen LogP contribution in [0.3, 0.4) is 0 Å². The summed E-state index contributed by atoms with van der Waals surface area (Å²) in [6.07, 6.45) is 1.01. The molecule has 9 nitrogen and oxygen atoms in total. The molecular formula is C21H16ClN3O6. The molecule has 0 radical (unpaired) electrons. The van der Waals surface area contributed by atoms with Crippen molar-refractivity contribution in [2.75, 3.05) is 4.90 Å². The van der Waals surface area contributed by atoms with Gasteiger partial charge >= 0.3 is 0 Å². The first-order chi connectivity index (χ1) is 14.8. The van der Waals surface area contributed by atoms with Crippen LogP contribution in [0.25, 0.3) is 0 Å². The zero-order valence-corrected chi connectivity index (χ0v) is 16.9. The Kier molecular flexibility index (Phi) is 5.28. The lowest BCUT2D eigenvalue weighted by Gasteiger charge is -2.38. The average molecular weight is 442 g/mol. The highest BCUT2D eigenvalue weighted by molar-refractivity contribution is 6.31. The Morgan fingerprint density at radius 3 is 2.48 bits per heavy atom. The fourth-order valence-electron chi connectivity index (χ4n) is 4.24. The topological polar surface area (TPSA) is 124 Å². The third-order valence-corrected chi connectivity index (χ3v) is 5.77. The van der Waals surface area contributed by atoms with Crippen LogP contribution < -0.4 is 4.90 Å². The smallest absolute Gasteiger partial charge is 0.293 e. The number of Topliss-reactive ketones (excluding diaryl/α,β-unsaturated/α-hetero) is 1. The second kappa shape index (κ2) is 7.92. The zero-order valence-electron chi connectivity index (χ0n) is 16.1. The van der Waals surface area contributed by atoms with Gasteiger partial charge in [-0.3, -0.25) is 34.7 Å². The summed E-state index contributed by atoms with van der Waals surface area (Å²) in [6, 6.07) is 9.80. The first-order valence-electron chi connectivity index (χ1n) is 9.55.